The van der Waals surface area contributed by atoms with Crippen LogP contribution >= 0.6 is 11.9 Å². The number of anilines is 3. The Balaban J connectivity index is 1.76. The smallest absolute Gasteiger partial charge is 0.142 e. The molecule has 4 rings (SSSR count). The molecule has 2 aromatic carbocycles. The average Bonchev–Trinajstić information content (AvgIpc) is 2.86. The second-order valence-electron chi connectivity index (χ2n) is 8.75. The third-order valence-corrected chi connectivity index (χ3v) is 6.56. The second kappa shape index (κ2) is 7.70. The van der Waals surface area contributed by atoms with Crippen LogP contribution in [0.3, 0.4) is 0 Å². The van der Waals surface area contributed by atoms with E-state index in [-0.39, 0.29) is 5.41 Å². The Morgan fingerprint density at radius 1 is 1.03 bits per heavy atom. The highest BCUT2D eigenvalue weighted by Gasteiger charge is 2.24. The van der Waals surface area contributed by atoms with Crippen molar-refractivity contribution >= 4 is 29.1 Å². The van der Waals surface area contributed by atoms with Crippen molar-refractivity contribution in [1.82, 2.24) is 4.98 Å². The summed E-state index contributed by atoms with van der Waals surface area (Å²) < 4.78 is 2.33. The van der Waals surface area contributed by atoms with E-state index >= 15 is 0 Å². The summed E-state index contributed by atoms with van der Waals surface area (Å²) in [6, 6.07) is 19.0. The van der Waals surface area contributed by atoms with E-state index in [9.17, 15) is 5.26 Å². The van der Waals surface area contributed by atoms with Crippen LogP contribution in [0, 0.1) is 25.2 Å². The molecular formula is C25H26N4S. The van der Waals surface area contributed by atoms with E-state index in [0.717, 1.165) is 22.8 Å². The quantitative estimate of drug-likeness (QED) is 0.476. The van der Waals surface area contributed by atoms with Crippen molar-refractivity contribution in [2.45, 2.75) is 51.5 Å². The summed E-state index contributed by atoms with van der Waals surface area (Å²) in [6.45, 7) is 11.7. The fourth-order valence-electron chi connectivity index (χ4n) is 3.59. The van der Waals surface area contributed by atoms with Crippen LogP contribution in [0.15, 0.2) is 53.4 Å². The lowest BCUT2D eigenvalue weighted by atomic mass is 9.87. The number of nitriles is 1. The summed E-state index contributed by atoms with van der Waals surface area (Å²) in [7, 11) is 0. The third-order valence-electron chi connectivity index (χ3n) is 5.55. The van der Waals surface area contributed by atoms with Gasteiger partial charge < -0.3 is 9.62 Å². The van der Waals surface area contributed by atoms with Gasteiger partial charge in [0.1, 0.15) is 17.6 Å². The molecule has 0 bridgehead atoms. The van der Waals surface area contributed by atoms with Crippen molar-refractivity contribution in [3.63, 3.8) is 0 Å². The molecule has 3 aromatic rings. The monoisotopic (exact) mass is 414 g/mol. The Bertz CT molecular complexity index is 1140. The second-order valence-corrected chi connectivity index (χ2v) is 9.84. The van der Waals surface area contributed by atoms with Gasteiger partial charge in [0.05, 0.1) is 17.9 Å². The predicted molar refractivity (Wildman–Crippen MR) is 125 cm³/mol. The number of benzene rings is 2. The molecule has 1 aliphatic rings. The van der Waals surface area contributed by atoms with Crippen LogP contribution in [-0.2, 0) is 12.0 Å². The molecule has 1 aromatic heterocycles. The topological polar surface area (TPSA) is 52.0 Å². The van der Waals surface area contributed by atoms with E-state index in [2.05, 4.69) is 91.7 Å². The van der Waals surface area contributed by atoms with Gasteiger partial charge in [-0.25, -0.2) is 4.98 Å². The van der Waals surface area contributed by atoms with Crippen molar-refractivity contribution in [3.8, 4) is 6.07 Å². The molecule has 30 heavy (non-hydrogen) atoms. The zero-order valence-corrected chi connectivity index (χ0v) is 18.9. The van der Waals surface area contributed by atoms with Crippen LogP contribution in [-0.4, -0.2) is 4.98 Å². The van der Waals surface area contributed by atoms with Gasteiger partial charge in [-0.15, -0.1) is 0 Å². The lowest BCUT2D eigenvalue weighted by Gasteiger charge is -2.26. The maximum Gasteiger partial charge on any atom is 0.142 e. The Kier molecular flexibility index (Phi) is 5.21. The predicted octanol–water partition coefficient (Wildman–Crippen LogP) is 6.64. The van der Waals surface area contributed by atoms with Gasteiger partial charge >= 0.3 is 0 Å². The molecule has 0 saturated carbocycles. The van der Waals surface area contributed by atoms with Crippen molar-refractivity contribution in [2.24, 2.45) is 0 Å². The fourth-order valence-corrected chi connectivity index (χ4v) is 4.63. The van der Waals surface area contributed by atoms with Crippen LogP contribution in [0.5, 0.6) is 0 Å². The van der Waals surface area contributed by atoms with E-state index in [1.165, 1.54) is 21.6 Å². The molecular weight excluding hydrogens is 388 g/mol. The van der Waals surface area contributed by atoms with Gasteiger partial charge in [-0.05, 0) is 72.2 Å². The molecule has 4 nitrogen and oxygen atoms in total. The Hall–Kier alpha value is -2.97. The summed E-state index contributed by atoms with van der Waals surface area (Å²) in [5.41, 5.74) is 7.63. The molecule has 0 atom stereocenters. The number of nitrogens with zero attached hydrogens (tertiary/aromatic N) is 3. The minimum absolute atomic E-state index is 0.138. The first kappa shape index (κ1) is 20.3. The zero-order valence-electron chi connectivity index (χ0n) is 18.1. The molecule has 0 amide bonds. The van der Waals surface area contributed by atoms with Crippen molar-refractivity contribution < 1.29 is 0 Å². The minimum atomic E-state index is 0.138. The molecule has 0 unspecified atom stereocenters. The number of nitrogens with one attached hydrogen (secondary N) is 1. The lowest BCUT2D eigenvalue weighted by molar-refractivity contribution is 0.590. The Morgan fingerprint density at radius 3 is 2.43 bits per heavy atom. The SMILES string of the molecule is Cc1ccc2c(c1C)N(Sc1ccc(C(C)(C)C)cc1)Cc1ccc(C#N)nc1N2. The van der Waals surface area contributed by atoms with Crippen LogP contribution in [0.4, 0.5) is 17.2 Å². The van der Waals surface area contributed by atoms with Crippen LogP contribution in [0.25, 0.3) is 0 Å². The lowest BCUT2D eigenvalue weighted by Crippen LogP contribution is -2.15. The first-order valence-electron chi connectivity index (χ1n) is 10.1. The number of pyridine rings is 1. The van der Waals surface area contributed by atoms with Gasteiger partial charge in [-0.2, -0.15) is 5.26 Å². The number of hydrogen-bond acceptors (Lipinski definition) is 5. The number of hydrogen-bond donors (Lipinski definition) is 1. The molecule has 1 N–H and O–H groups in total. The van der Waals surface area contributed by atoms with Gasteiger partial charge in [0.15, 0.2) is 0 Å². The summed E-state index contributed by atoms with van der Waals surface area (Å²) in [5.74, 6) is 0.754. The van der Waals surface area contributed by atoms with Gasteiger partial charge in [0.25, 0.3) is 0 Å². The first-order valence-corrected chi connectivity index (χ1v) is 10.9. The van der Waals surface area contributed by atoms with E-state index in [1.807, 2.05) is 6.07 Å². The fraction of sp³-hybridized carbons (Fsp3) is 0.280. The molecule has 152 valence electrons. The van der Waals surface area contributed by atoms with Gasteiger partial charge in [0, 0.05) is 10.5 Å². The van der Waals surface area contributed by atoms with E-state index in [1.54, 1.807) is 18.0 Å². The number of aryl methyl sites for hydroxylation is 1. The first-order chi connectivity index (χ1) is 14.3. The molecule has 0 aliphatic carbocycles. The molecule has 5 heteroatoms. The average molecular weight is 415 g/mol. The summed E-state index contributed by atoms with van der Waals surface area (Å²) >= 11 is 1.74. The van der Waals surface area contributed by atoms with Gasteiger partial charge in [0.2, 0.25) is 0 Å². The number of fused-ring (bicyclic) bond motifs is 2. The standard InChI is InChI=1S/C25H26N4S/c1-16-6-13-22-23(17(16)2)29(15-18-7-10-20(14-26)27-24(18)28-22)30-21-11-8-19(9-12-21)25(3,4)5/h6-13H,15H2,1-5H3,(H,27,28). The minimum Gasteiger partial charge on any atom is -0.338 e. The maximum atomic E-state index is 9.26. The molecule has 0 fully saturated rings. The van der Waals surface area contributed by atoms with Gasteiger partial charge in [-0.3, -0.25) is 0 Å². The van der Waals surface area contributed by atoms with Crippen molar-refractivity contribution in [1.29, 1.82) is 5.26 Å². The molecule has 1 aliphatic heterocycles. The van der Waals surface area contributed by atoms with Gasteiger partial charge in [-0.1, -0.05) is 45.0 Å². The third kappa shape index (κ3) is 3.88. The van der Waals surface area contributed by atoms with Crippen LogP contribution < -0.4 is 9.62 Å². The van der Waals surface area contributed by atoms with Crippen LogP contribution in [0.1, 0.15) is 48.7 Å². The summed E-state index contributed by atoms with van der Waals surface area (Å²) in [5, 5.41) is 12.7. The largest absolute Gasteiger partial charge is 0.338 e. The summed E-state index contributed by atoms with van der Waals surface area (Å²) in [6.07, 6.45) is 0. The molecule has 0 saturated heterocycles. The highest BCUT2D eigenvalue weighted by Crippen LogP contribution is 2.43. The van der Waals surface area contributed by atoms with Crippen molar-refractivity contribution in [2.75, 3.05) is 9.62 Å². The van der Waals surface area contributed by atoms with Crippen molar-refractivity contribution in [3.05, 3.63) is 76.5 Å². The molecule has 0 spiro atoms. The maximum absolute atomic E-state index is 9.26. The zero-order chi connectivity index (χ0) is 21.5. The summed E-state index contributed by atoms with van der Waals surface area (Å²) in [4.78, 5) is 5.71. The highest BCUT2D eigenvalue weighted by atomic mass is 32.2. The Morgan fingerprint density at radius 2 is 1.77 bits per heavy atom. The molecule has 0 radical (unpaired) electrons. The van der Waals surface area contributed by atoms with E-state index in [0.29, 0.717) is 12.2 Å². The van der Waals surface area contributed by atoms with E-state index < -0.39 is 0 Å². The van der Waals surface area contributed by atoms with Crippen LogP contribution in [0.2, 0.25) is 0 Å². The Labute approximate surface area is 183 Å². The normalized spacial score (nSPS) is 13.0. The number of aromatic nitrogens is 1. The highest BCUT2D eigenvalue weighted by molar-refractivity contribution is 8.00. The van der Waals surface area contributed by atoms with E-state index in [4.69, 9.17) is 0 Å². The number of rotatable bonds is 2. The molecule has 2 heterocycles.